The smallest absolute Gasteiger partial charge is 0.242 e. The molecule has 0 radical (unpaired) electrons. The number of aryl methyl sites for hydroxylation is 1. The largest absolute Gasteiger partial charge is 0.495 e. The summed E-state index contributed by atoms with van der Waals surface area (Å²) in [5.41, 5.74) is 3.59. The predicted octanol–water partition coefficient (Wildman–Crippen LogP) is 5.92. The number of ether oxygens (including phenoxy) is 1. The molecular weight excluding hydrogens is 456 g/mol. The van der Waals surface area contributed by atoms with Gasteiger partial charge in [0.1, 0.15) is 11.0 Å². The number of carbonyl (C=O) groups is 1. The summed E-state index contributed by atoms with van der Waals surface area (Å²) in [7, 11) is 3.45. The first-order valence-corrected chi connectivity index (χ1v) is 11.5. The molecule has 0 saturated heterocycles. The zero-order valence-corrected chi connectivity index (χ0v) is 20.0. The van der Waals surface area contributed by atoms with E-state index >= 15 is 0 Å². The van der Waals surface area contributed by atoms with Crippen LogP contribution in [0.25, 0.3) is 11.4 Å². The molecule has 168 valence electrons. The quantitative estimate of drug-likeness (QED) is 0.334. The summed E-state index contributed by atoms with van der Waals surface area (Å²) >= 11 is 7.57. The highest BCUT2D eigenvalue weighted by Gasteiger charge is 2.25. The number of hydrogen-bond acceptors (Lipinski definition) is 5. The molecule has 3 aromatic carbocycles. The standard InChI is InChI=1S/C25H23ClN4O2S/c1-16-9-11-18(12-10-16)23-28-29-25(30(23)2)33-22(17-7-5-4-6-8-17)24(31)27-19-13-14-21(32-3)20(26)15-19/h4-15,22H,1-3H3,(H,27,31). The number of benzene rings is 3. The van der Waals surface area contributed by atoms with Crippen LogP contribution >= 0.6 is 23.4 Å². The average molecular weight is 479 g/mol. The second kappa shape index (κ2) is 10.1. The monoisotopic (exact) mass is 478 g/mol. The summed E-state index contributed by atoms with van der Waals surface area (Å²) in [6, 6.07) is 22.9. The van der Waals surface area contributed by atoms with Crippen molar-refractivity contribution in [3.8, 4) is 17.1 Å². The second-order valence-corrected chi connectivity index (χ2v) is 8.96. The lowest BCUT2D eigenvalue weighted by Crippen LogP contribution is -2.19. The first-order valence-electron chi connectivity index (χ1n) is 10.3. The number of nitrogens with one attached hydrogen (secondary N) is 1. The van der Waals surface area contributed by atoms with Gasteiger partial charge in [0.25, 0.3) is 0 Å². The molecule has 1 heterocycles. The third-order valence-corrected chi connectivity index (χ3v) is 6.71. The van der Waals surface area contributed by atoms with Crippen LogP contribution in [0, 0.1) is 6.92 Å². The summed E-state index contributed by atoms with van der Waals surface area (Å²) in [5, 5.41) is 12.2. The number of carbonyl (C=O) groups excluding carboxylic acids is 1. The fraction of sp³-hybridized carbons (Fsp3) is 0.160. The van der Waals surface area contributed by atoms with Crippen molar-refractivity contribution in [3.63, 3.8) is 0 Å². The van der Waals surface area contributed by atoms with Crippen LogP contribution in [0.4, 0.5) is 5.69 Å². The molecule has 8 heteroatoms. The molecule has 0 aliphatic carbocycles. The summed E-state index contributed by atoms with van der Waals surface area (Å²) in [5.74, 6) is 1.10. The summed E-state index contributed by atoms with van der Waals surface area (Å²) in [6.07, 6.45) is 0. The molecule has 4 aromatic rings. The Morgan fingerprint density at radius 1 is 1.06 bits per heavy atom. The zero-order valence-electron chi connectivity index (χ0n) is 18.4. The fourth-order valence-electron chi connectivity index (χ4n) is 3.33. The third kappa shape index (κ3) is 5.21. The van der Waals surface area contributed by atoms with E-state index in [2.05, 4.69) is 15.5 Å². The number of amides is 1. The Balaban J connectivity index is 1.61. The van der Waals surface area contributed by atoms with Crippen molar-refractivity contribution in [3.05, 3.63) is 88.9 Å². The number of methoxy groups -OCH3 is 1. The molecule has 1 amide bonds. The lowest BCUT2D eigenvalue weighted by Gasteiger charge is -2.17. The van der Waals surface area contributed by atoms with Gasteiger partial charge in [-0.1, -0.05) is 83.5 Å². The Hall–Kier alpha value is -3.29. The number of nitrogens with zero attached hydrogens (tertiary/aromatic N) is 3. The Bertz CT molecular complexity index is 1260. The second-order valence-electron chi connectivity index (χ2n) is 7.48. The van der Waals surface area contributed by atoms with Crippen molar-refractivity contribution in [1.82, 2.24) is 14.8 Å². The Labute approximate surface area is 202 Å². The molecule has 1 atom stereocenters. The first-order chi connectivity index (χ1) is 16.0. The van der Waals surface area contributed by atoms with Gasteiger partial charge in [0.2, 0.25) is 5.91 Å². The molecule has 1 unspecified atom stereocenters. The maximum absolute atomic E-state index is 13.3. The summed E-state index contributed by atoms with van der Waals surface area (Å²) < 4.78 is 7.10. The lowest BCUT2D eigenvalue weighted by atomic mass is 10.1. The van der Waals surface area contributed by atoms with E-state index in [1.807, 2.05) is 73.1 Å². The molecule has 0 spiro atoms. The number of anilines is 1. The van der Waals surface area contributed by atoms with Gasteiger partial charge in [0.05, 0.1) is 12.1 Å². The van der Waals surface area contributed by atoms with Gasteiger partial charge in [-0.2, -0.15) is 0 Å². The topological polar surface area (TPSA) is 69.0 Å². The van der Waals surface area contributed by atoms with Crippen molar-refractivity contribution < 1.29 is 9.53 Å². The Kier molecular flexibility index (Phi) is 7.01. The normalized spacial score (nSPS) is 11.8. The number of rotatable bonds is 7. The van der Waals surface area contributed by atoms with E-state index in [0.717, 1.165) is 17.0 Å². The van der Waals surface area contributed by atoms with Crippen molar-refractivity contribution in [1.29, 1.82) is 0 Å². The van der Waals surface area contributed by atoms with E-state index in [1.165, 1.54) is 17.3 Å². The van der Waals surface area contributed by atoms with Crippen LogP contribution in [0.2, 0.25) is 5.02 Å². The van der Waals surface area contributed by atoms with E-state index in [1.54, 1.807) is 25.3 Å². The molecule has 0 aliphatic rings. The molecule has 6 nitrogen and oxygen atoms in total. The highest BCUT2D eigenvalue weighted by Crippen LogP contribution is 2.37. The molecule has 0 fully saturated rings. The van der Waals surface area contributed by atoms with Gasteiger partial charge in [-0.3, -0.25) is 4.79 Å². The lowest BCUT2D eigenvalue weighted by molar-refractivity contribution is -0.115. The molecule has 4 rings (SSSR count). The van der Waals surface area contributed by atoms with Gasteiger partial charge in [-0.05, 0) is 30.7 Å². The van der Waals surface area contributed by atoms with Crippen LogP contribution in [-0.2, 0) is 11.8 Å². The van der Waals surface area contributed by atoms with Crippen LogP contribution in [0.15, 0.2) is 78.0 Å². The van der Waals surface area contributed by atoms with Gasteiger partial charge in [0, 0.05) is 18.3 Å². The zero-order chi connectivity index (χ0) is 23.4. The highest BCUT2D eigenvalue weighted by atomic mass is 35.5. The summed E-state index contributed by atoms with van der Waals surface area (Å²) in [6.45, 7) is 2.04. The number of hydrogen-bond donors (Lipinski definition) is 1. The molecular formula is C25H23ClN4O2S. The molecule has 0 bridgehead atoms. The molecule has 33 heavy (non-hydrogen) atoms. The van der Waals surface area contributed by atoms with E-state index < -0.39 is 5.25 Å². The maximum atomic E-state index is 13.3. The van der Waals surface area contributed by atoms with E-state index in [0.29, 0.717) is 21.6 Å². The van der Waals surface area contributed by atoms with Gasteiger partial charge in [0.15, 0.2) is 11.0 Å². The third-order valence-electron chi connectivity index (χ3n) is 5.13. The van der Waals surface area contributed by atoms with Crippen molar-refractivity contribution >= 4 is 35.0 Å². The molecule has 1 N–H and O–H groups in total. The minimum absolute atomic E-state index is 0.188. The molecule has 0 aliphatic heterocycles. The van der Waals surface area contributed by atoms with Crippen molar-refractivity contribution in [2.24, 2.45) is 7.05 Å². The number of aromatic nitrogens is 3. The van der Waals surface area contributed by atoms with Gasteiger partial charge < -0.3 is 14.6 Å². The summed E-state index contributed by atoms with van der Waals surface area (Å²) in [4.78, 5) is 13.3. The van der Waals surface area contributed by atoms with E-state index in [-0.39, 0.29) is 5.91 Å². The van der Waals surface area contributed by atoms with Crippen LogP contribution in [-0.4, -0.2) is 27.8 Å². The van der Waals surface area contributed by atoms with Gasteiger partial charge >= 0.3 is 0 Å². The van der Waals surface area contributed by atoms with Gasteiger partial charge in [-0.25, -0.2) is 0 Å². The van der Waals surface area contributed by atoms with Crippen molar-refractivity contribution in [2.45, 2.75) is 17.3 Å². The minimum Gasteiger partial charge on any atom is -0.495 e. The maximum Gasteiger partial charge on any atom is 0.242 e. The first kappa shape index (κ1) is 22.9. The van der Waals surface area contributed by atoms with Crippen LogP contribution in [0.5, 0.6) is 5.75 Å². The minimum atomic E-state index is -0.541. The van der Waals surface area contributed by atoms with E-state index in [4.69, 9.17) is 16.3 Å². The fourth-order valence-corrected chi connectivity index (χ4v) is 4.59. The Morgan fingerprint density at radius 2 is 1.79 bits per heavy atom. The highest BCUT2D eigenvalue weighted by molar-refractivity contribution is 8.00. The average Bonchev–Trinajstić information content (AvgIpc) is 3.18. The number of thioether (sulfide) groups is 1. The molecule has 0 saturated carbocycles. The van der Waals surface area contributed by atoms with Crippen LogP contribution in [0.3, 0.4) is 0 Å². The number of halogens is 1. The van der Waals surface area contributed by atoms with Crippen LogP contribution < -0.4 is 10.1 Å². The SMILES string of the molecule is COc1ccc(NC(=O)C(Sc2nnc(-c3ccc(C)cc3)n2C)c2ccccc2)cc1Cl. The van der Waals surface area contributed by atoms with Crippen LogP contribution in [0.1, 0.15) is 16.4 Å². The van der Waals surface area contributed by atoms with Gasteiger partial charge in [-0.15, -0.1) is 10.2 Å². The molecule has 1 aromatic heterocycles. The predicted molar refractivity (Wildman–Crippen MR) is 133 cm³/mol. The van der Waals surface area contributed by atoms with Crippen molar-refractivity contribution in [2.75, 3.05) is 12.4 Å². The van der Waals surface area contributed by atoms with E-state index in [9.17, 15) is 4.79 Å². The Morgan fingerprint density at radius 3 is 2.45 bits per heavy atom.